The molecular weight excluding hydrogens is 192 g/mol. The fourth-order valence-electron chi connectivity index (χ4n) is 1.15. The van der Waals surface area contributed by atoms with Gasteiger partial charge in [0, 0.05) is 0 Å². The highest BCUT2D eigenvalue weighted by atomic mass is 16.1. The van der Waals surface area contributed by atoms with Gasteiger partial charge in [0.05, 0.1) is 0 Å². The van der Waals surface area contributed by atoms with E-state index in [1.165, 1.54) is 0 Å². The number of hydrogen-bond acceptors (Lipinski definition) is 2. The van der Waals surface area contributed by atoms with E-state index in [1.54, 1.807) is 24.3 Å². The lowest BCUT2D eigenvalue weighted by Crippen LogP contribution is -2.46. The van der Waals surface area contributed by atoms with Crippen LogP contribution in [0.4, 0.5) is 0 Å². The summed E-state index contributed by atoms with van der Waals surface area (Å²) >= 11 is 0. The van der Waals surface area contributed by atoms with Crippen LogP contribution in [-0.4, -0.2) is 9.97 Å². The molecule has 1 aromatic rings. The lowest BCUT2D eigenvalue weighted by atomic mass is 10.4. The lowest BCUT2D eigenvalue weighted by Gasteiger charge is -1.88. The van der Waals surface area contributed by atoms with Crippen molar-refractivity contribution < 1.29 is 0 Å². The highest BCUT2D eigenvalue weighted by molar-refractivity contribution is 5.32. The first-order valence-electron chi connectivity index (χ1n) is 4.84. The fourth-order valence-corrected chi connectivity index (χ4v) is 1.15. The Balaban J connectivity index is 3.53. The summed E-state index contributed by atoms with van der Waals surface area (Å²) in [5, 5.41) is 0.589. The van der Waals surface area contributed by atoms with Crippen LogP contribution in [0.2, 0.25) is 0 Å². The molecule has 4 heteroatoms. The van der Waals surface area contributed by atoms with E-state index in [4.69, 9.17) is 0 Å². The van der Waals surface area contributed by atoms with Gasteiger partial charge in [0.15, 0.2) is 0 Å². The van der Waals surface area contributed by atoms with Gasteiger partial charge in [-0.3, -0.25) is 9.59 Å². The van der Waals surface area contributed by atoms with Gasteiger partial charge in [-0.2, -0.15) is 0 Å². The van der Waals surface area contributed by atoms with Crippen molar-refractivity contribution in [1.82, 2.24) is 9.97 Å². The average molecular weight is 206 g/mol. The molecule has 2 N–H and O–H groups in total. The quantitative estimate of drug-likeness (QED) is 0.692. The monoisotopic (exact) mass is 206 g/mol. The first-order valence-corrected chi connectivity index (χ1v) is 4.84. The van der Waals surface area contributed by atoms with Crippen LogP contribution < -0.4 is 21.8 Å². The van der Waals surface area contributed by atoms with Gasteiger partial charge < -0.3 is 9.97 Å². The van der Waals surface area contributed by atoms with E-state index in [2.05, 4.69) is 9.97 Å². The second kappa shape index (κ2) is 5.14. The topological polar surface area (TPSA) is 65.7 Å². The molecule has 4 nitrogen and oxygen atoms in total. The van der Waals surface area contributed by atoms with Gasteiger partial charge in [-0.1, -0.05) is 25.2 Å². The van der Waals surface area contributed by atoms with Gasteiger partial charge in [0.25, 0.3) is 11.1 Å². The van der Waals surface area contributed by atoms with E-state index in [0.29, 0.717) is 11.8 Å². The van der Waals surface area contributed by atoms with Gasteiger partial charge in [0.2, 0.25) is 0 Å². The Kier molecular flexibility index (Phi) is 3.85. The van der Waals surface area contributed by atoms with Crippen LogP contribution >= 0.6 is 0 Å². The number of H-pyrrole nitrogens is 2. The minimum atomic E-state index is -0.285. The highest BCUT2D eigenvalue weighted by Gasteiger charge is 1.92. The Hall–Kier alpha value is -1.84. The normalized spacial score (nSPS) is 14.0. The molecule has 1 heterocycles. The minimum absolute atomic E-state index is 0.270. The number of aromatic amines is 2. The minimum Gasteiger partial charge on any atom is -0.316 e. The average Bonchev–Trinajstić information content (AvgIpc) is 2.21. The molecule has 0 atom stereocenters. The molecular formula is C11H14N2O2. The molecule has 0 saturated carbocycles. The van der Waals surface area contributed by atoms with Crippen molar-refractivity contribution in [2.24, 2.45) is 0 Å². The van der Waals surface area contributed by atoms with E-state index >= 15 is 0 Å². The third-order valence-electron chi connectivity index (χ3n) is 1.85. The summed E-state index contributed by atoms with van der Waals surface area (Å²) in [6, 6.07) is 0. The van der Waals surface area contributed by atoms with Crippen molar-refractivity contribution in [3.8, 4) is 0 Å². The summed E-state index contributed by atoms with van der Waals surface area (Å²) in [4.78, 5) is 28.0. The van der Waals surface area contributed by atoms with Crippen LogP contribution in [0.5, 0.6) is 0 Å². The summed E-state index contributed by atoms with van der Waals surface area (Å²) < 4.78 is 0. The highest BCUT2D eigenvalue weighted by Crippen LogP contribution is 1.70. The van der Waals surface area contributed by atoms with Gasteiger partial charge >= 0.3 is 0 Å². The molecule has 0 aliphatic rings. The molecule has 1 aromatic heterocycles. The van der Waals surface area contributed by atoms with Crippen molar-refractivity contribution >= 4 is 12.2 Å². The van der Waals surface area contributed by atoms with E-state index in [0.717, 1.165) is 0 Å². The molecule has 0 bridgehead atoms. The van der Waals surface area contributed by atoms with Crippen molar-refractivity contribution in [1.29, 1.82) is 0 Å². The summed E-state index contributed by atoms with van der Waals surface area (Å²) in [6.45, 7) is 3.74. The van der Waals surface area contributed by atoms with E-state index in [-0.39, 0.29) is 16.5 Å². The van der Waals surface area contributed by atoms with Gasteiger partial charge in [0.1, 0.15) is 10.7 Å². The fraction of sp³-hybridized carbons (Fsp3) is 0.273. The molecule has 0 unspecified atom stereocenters. The predicted octanol–water partition coefficient (Wildman–Crippen LogP) is -0.390. The first-order chi connectivity index (χ1) is 7.19. The molecule has 0 fully saturated rings. The Morgan fingerprint density at radius 2 is 1.73 bits per heavy atom. The maximum atomic E-state index is 11.5. The van der Waals surface area contributed by atoms with Gasteiger partial charge in [-0.15, -0.1) is 0 Å². The van der Waals surface area contributed by atoms with Crippen LogP contribution in [0.25, 0.3) is 12.2 Å². The lowest BCUT2D eigenvalue weighted by molar-refractivity contribution is 0.996. The van der Waals surface area contributed by atoms with Crippen LogP contribution in [0, 0.1) is 0 Å². The number of aromatic nitrogens is 2. The SMILES string of the molecule is C/C=C/C=c1\[nH]c(=O)/c(=C/CC)[nH]c1=O. The molecule has 0 saturated heterocycles. The standard InChI is InChI=1S/C11H14N2O2/c1-3-5-7-9-11(15)12-8(6-4-2)10(14)13-9/h3,5-7H,4H2,1-2H3,(H,12,15)(H,13,14)/b5-3+,8-6-,9-7-. The van der Waals surface area contributed by atoms with Crippen molar-refractivity contribution in [2.75, 3.05) is 0 Å². The number of hydrogen-bond donors (Lipinski definition) is 2. The smallest absolute Gasteiger partial charge is 0.272 e. The molecule has 15 heavy (non-hydrogen) atoms. The summed E-state index contributed by atoms with van der Waals surface area (Å²) in [7, 11) is 0. The Labute approximate surface area is 86.7 Å². The van der Waals surface area contributed by atoms with Crippen molar-refractivity contribution in [3.05, 3.63) is 43.6 Å². The van der Waals surface area contributed by atoms with Crippen molar-refractivity contribution in [2.45, 2.75) is 20.3 Å². The van der Waals surface area contributed by atoms with Crippen LogP contribution in [-0.2, 0) is 0 Å². The van der Waals surface area contributed by atoms with Crippen LogP contribution in [0.3, 0.4) is 0 Å². The molecule has 0 radical (unpaired) electrons. The maximum Gasteiger partial charge on any atom is 0.272 e. The summed E-state index contributed by atoms with van der Waals surface area (Å²) in [6.07, 6.45) is 7.43. The maximum absolute atomic E-state index is 11.5. The molecule has 0 aliphatic carbocycles. The predicted molar refractivity (Wildman–Crippen MR) is 61.0 cm³/mol. The largest absolute Gasteiger partial charge is 0.316 e. The number of allylic oxidation sites excluding steroid dienone is 2. The summed E-state index contributed by atoms with van der Waals surface area (Å²) in [5.74, 6) is 0. The molecule has 0 spiro atoms. The van der Waals surface area contributed by atoms with Crippen molar-refractivity contribution in [3.63, 3.8) is 0 Å². The molecule has 0 aliphatic heterocycles. The molecule has 0 amide bonds. The molecule has 0 aromatic carbocycles. The van der Waals surface area contributed by atoms with Gasteiger partial charge in [-0.05, 0) is 19.4 Å². The zero-order valence-electron chi connectivity index (χ0n) is 8.83. The summed E-state index contributed by atoms with van der Waals surface area (Å²) in [5.41, 5.74) is -0.556. The van der Waals surface area contributed by atoms with E-state index in [1.807, 2.05) is 13.8 Å². The zero-order chi connectivity index (χ0) is 11.3. The van der Waals surface area contributed by atoms with Crippen LogP contribution in [0.1, 0.15) is 20.3 Å². The number of nitrogens with one attached hydrogen (secondary N) is 2. The Morgan fingerprint density at radius 3 is 2.33 bits per heavy atom. The Bertz CT molecular complexity index is 576. The zero-order valence-corrected chi connectivity index (χ0v) is 8.83. The van der Waals surface area contributed by atoms with E-state index < -0.39 is 0 Å². The molecule has 80 valence electrons. The molecule has 1 rings (SSSR count). The Morgan fingerprint density at radius 1 is 1.13 bits per heavy atom. The van der Waals surface area contributed by atoms with Gasteiger partial charge in [-0.25, -0.2) is 0 Å². The second-order valence-corrected chi connectivity index (χ2v) is 3.04. The third kappa shape index (κ3) is 2.80. The first kappa shape index (κ1) is 11.2. The van der Waals surface area contributed by atoms with Crippen LogP contribution in [0.15, 0.2) is 21.7 Å². The second-order valence-electron chi connectivity index (χ2n) is 3.04. The number of rotatable bonds is 2. The third-order valence-corrected chi connectivity index (χ3v) is 1.85. The van der Waals surface area contributed by atoms with E-state index in [9.17, 15) is 9.59 Å².